The monoisotopic (exact) mass is 280 g/mol. The quantitative estimate of drug-likeness (QED) is 0.888. The molecule has 0 aliphatic carbocycles. The highest BCUT2D eigenvalue weighted by Gasteiger charge is 2.19. The maximum absolute atomic E-state index is 6.31. The first-order chi connectivity index (χ1) is 9.19. The average Bonchev–Trinajstić information content (AvgIpc) is 2.41. The number of aryl methyl sites for hydroxylation is 1. The zero-order chi connectivity index (χ0) is 13.7. The zero-order valence-electron chi connectivity index (χ0n) is 12.1. The van der Waals surface area contributed by atoms with E-state index < -0.39 is 0 Å². The fourth-order valence-electron chi connectivity index (χ4n) is 2.72. The van der Waals surface area contributed by atoms with Crippen molar-refractivity contribution in [3.05, 3.63) is 34.3 Å². The molecule has 106 valence electrons. The summed E-state index contributed by atoms with van der Waals surface area (Å²) >= 11 is 6.31. The highest BCUT2D eigenvalue weighted by atomic mass is 35.5. The molecule has 0 atom stereocenters. The lowest BCUT2D eigenvalue weighted by Crippen LogP contribution is -2.36. The minimum Gasteiger partial charge on any atom is -0.317 e. The molecule has 1 fully saturated rings. The van der Waals surface area contributed by atoms with E-state index in [0.29, 0.717) is 0 Å². The lowest BCUT2D eigenvalue weighted by atomic mass is 9.96. The second-order valence-corrected chi connectivity index (χ2v) is 6.03. The van der Waals surface area contributed by atoms with Gasteiger partial charge in [0.15, 0.2) is 0 Å². The second-order valence-electron chi connectivity index (χ2n) is 5.62. The van der Waals surface area contributed by atoms with Crippen molar-refractivity contribution < 1.29 is 0 Å². The number of nitrogens with zero attached hydrogens (tertiary/aromatic N) is 1. The molecule has 2 rings (SSSR count). The molecule has 2 nitrogen and oxygen atoms in total. The molecule has 0 radical (unpaired) electrons. The Hall–Kier alpha value is -0.570. The van der Waals surface area contributed by atoms with Crippen LogP contribution in [0.5, 0.6) is 0 Å². The van der Waals surface area contributed by atoms with Crippen LogP contribution in [0.15, 0.2) is 18.2 Å². The smallest absolute Gasteiger partial charge is 0.0453 e. The third-order valence-electron chi connectivity index (χ3n) is 3.99. The topological polar surface area (TPSA) is 15.3 Å². The molecule has 1 aromatic carbocycles. The Labute approximate surface area is 122 Å². The lowest BCUT2D eigenvalue weighted by Gasteiger charge is -2.32. The van der Waals surface area contributed by atoms with Crippen LogP contribution >= 0.6 is 11.6 Å². The van der Waals surface area contributed by atoms with Crippen LogP contribution in [-0.4, -0.2) is 31.1 Å². The van der Waals surface area contributed by atoms with E-state index in [-0.39, 0.29) is 0 Å². The van der Waals surface area contributed by atoms with Crippen molar-refractivity contribution in [3.8, 4) is 0 Å². The standard InChI is InChI=1S/C16H25ClN2/c1-3-18-11-14-6-8-19(9-7-14)12-15-5-4-13(2)10-16(15)17/h4-5,10,14,18H,3,6-9,11-12H2,1-2H3. The first-order valence-corrected chi connectivity index (χ1v) is 7.75. The summed E-state index contributed by atoms with van der Waals surface area (Å²) in [5.41, 5.74) is 2.50. The van der Waals surface area contributed by atoms with E-state index in [1.807, 2.05) is 0 Å². The van der Waals surface area contributed by atoms with Crippen LogP contribution in [0, 0.1) is 12.8 Å². The van der Waals surface area contributed by atoms with Crippen molar-refractivity contribution >= 4 is 11.6 Å². The number of halogens is 1. The van der Waals surface area contributed by atoms with Crippen LogP contribution in [0.4, 0.5) is 0 Å². The summed E-state index contributed by atoms with van der Waals surface area (Å²) < 4.78 is 0. The van der Waals surface area contributed by atoms with E-state index in [9.17, 15) is 0 Å². The third kappa shape index (κ3) is 4.48. The average molecular weight is 281 g/mol. The first kappa shape index (κ1) is 14.8. The Kier molecular flexibility index (Phi) is 5.68. The first-order valence-electron chi connectivity index (χ1n) is 7.37. The van der Waals surface area contributed by atoms with E-state index in [1.165, 1.54) is 43.6 Å². The molecular weight excluding hydrogens is 256 g/mol. The van der Waals surface area contributed by atoms with Crippen molar-refractivity contribution in [1.82, 2.24) is 10.2 Å². The van der Waals surface area contributed by atoms with Crippen molar-refractivity contribution in [2.45, 2.75) is 33.2 Å². The number of hydrogen-bond acceptors (Lipinski definition) is 2. The summed E-state index contributed by atoms with van der Waals surface area (Å²) in [6, 6.07) is 6.39. The number of nitrogens with one attached hydrogen (secondary N) is 1. The Morgan fingerprint density at radius 3 is 2.68 bits per heavy atom. The van der Waals surface area contributed by atoms with Gasteiger partial charge in [-0.25, -0.2) is 0 Å². The maximum Gasteiger partial charge on any atom is 0.0453 e. The fourth-order valence-corrected chi connectivity index (χ4v) is 3.01. The molecule has 1 N–H and O–H groups in total. The molecule has 0 aromatic heterocycles. The predicted molar refractivity (Wildman–Crippen MR) is 82.7 cm³/mol. The summed E-state index contributed by atoms with van der Waals surface area (Å²) in [5, 5.41) is 4.37. The van der Waals surface area contributed by atoms with Gasteiger partial charge in [0.2, 0.25) is 0 Å². The van der Waals surface area contributed by atoms with Crippen molar-refractivity contribution in [1.29, 1.82) is 0 Å². The van der Waals surface area contributed by atoms with E-state index >= 15 is 0 Å². The Morgan fingerprint density at radius 1 is 1.32 bits per heavy atom. The molecule has 1 saturated heterocycles. The summed E-state index contributed by atoms with van der Waals surface area (Å²) in [7, 11) is 0. The van der Waals surface area contributed by atoms with Crippen LogP contribution in [0.3, 0.4) is 0 Å². The summed E-state index contributed by atoms with van der Waals surface area (Å²) in [5.74, 6) is 0.852. The number of piperidine rings is 1. The van der Waals surface area contributed by atoms with E-state index in [2.05, 4.69) is 42.3 Å². The van der Waals surface area contributed by atoms with Gasteiger partial charge in [-0.1, -0.05) is 30.7 Å². The zero-order valence-corrected chi connectivity index (χ0v) is 12.8. The molecule has 3 heteroatoms. The highest BCUT2D eigenvalue weighted by molar-refractivity contribution is 6.31. The molecule has 0 saturated carbocycles. The highest BCUT2D eigenvalue weighted by Crippen LogP contribution is 2.22. The number of hydrogen-bond donors (Lipinski definition) is 1. The molecule has 19 heavy (non-hydrogen) atoms. The van der Waals surface area contributed by atoms with Crippen LogP contribution in [0.1, 0.15) is 30.9 Å². The van der Waals surface area contributed by atoms with Crippen molar-refractivity contribution in [2.75, 3.05) is 26.2 Å². The predicted octanol–water partition coefficient (Wildman–Crippen LogP) is 3.47. The lowest BCUT2D eigenvalue weighted by molar-refractivity contribution is 0.176. The molecule has 0 amide bonds. The largest absolute Gasteiger partial charge is 0.317 e. The van der Waals surface area contributed by atoms with Gasteiger partial charge < -0.3 is 5.32 Å². The van der Waals surface area contributed by atoms with Gasteiger partial charge in [-0.15, -0.1) is 0 Å². The molecule has 0 bridgehead atoms. The van der Waals surface area contributed by atoms with Crippen molar-refractivity contribution in [3.63, 3.8) is 0 Å². The Bertz CT molecular complexity index is 398. The molecular formula is C16H25ClN2. The van der Waals surface area contributed by atoms with Gasteiger partial charge in [0.25, 0.3) is 0 Å². The van der Waals surface area contributed by atoms with Crippen LogP contribution in [-0.2, 0) is 6.54 Å². The number of rotatable bonds is 5. The number of likely N-dealkylation sites (tertiary alicyclic amines) is 1. The minimum atomic E-state index is 0.852. The SMILES string of the molecule is CCNCC1CCN(Cc2ccc(C)cc2Cl)CC1. The summed E-state index contributed by atoms with van der Waals surface area (Å²) in [6.07, 6.45) is 2.60. The molecule has 0 spiro atoms. The van der Waals surface area contributed by atoms with E-state index in [1.54, 1.807) is 0 Å². The fraction of sp³-hybridized carbons (Fsp3) is 0.625. The van der Waals surface area contributed by atoms with E-state index in [4.69, 9.17) is 11.6 Å². The molecule has 1 aliphatic heterocycles. The van der Waals surface area contributed by atoms with E-state index in [0.717, 1.165) is 24.0 Å². The van der Waals surface area contributed by atoms with Gasteiger partial charge in [-0.3, -0.25) is 4.90 Å². The van der Waals surface area contributed by atoms with Crippen LogP contribution in [0.2, 0.25) is 5.02 Å². The van der Waals surface area contributed by atoms with Gasteiger partial charge in [0.05, 0.1) is 0 Å². The molecule has 1 aromatic rings. The molecule has 1 heterocycles. The Balaban J connectivity index is 1.82. The maximum atomic E-state index is 6.31. The normalized spacial score (nSPS) is 17.8. The van der Waals surface area contributed by atoms with Crippen LogP contribution < -0.4 is 5.32 Å². The van der Waals surface area contributed by atoms with Gasteiger partial charge in [-0.05, 0) is 69.1 Å². The summed E-state index contributed by atoms with van der Waals surface area (Å²) in [6.45, 7) is 9.90. The third-order valence-corrected chi connectivity index (χ3v) is 4.34. The summed E-state index contributed by atoms with van der Waals surface area (Å²) in [4.78, 5) is 2.53. The van der Waals surface area contributed by atoms with Crippen molar-refractivity contribution in [2.24, 2.45) is 5.92 Å². The van der Waals surface area contributed by atoms with Gasteiger partial charge >= 0.3 is 0 Å². The van der Waals surface area contributed by atoms with Gasteiger partial charge in [0.1, 0.15) is 0 Å². The minimum absolute atomic E-state index is 0.852. The van der Waals surface area contributed by atoms with Crippen LogP contribution in [0.25, 0.3) is 0 Å². The second kappa shape index (κ2) is 7.28. The molecule has 0 unspecified atom stereocenters. The van der Waals surface area contributed by atoms with Gasteiger partial charge in [-0.2, -0.15) is 0 Å². The van der Waals surface area contributed by atoms with Gasteiger partial charge in [0, 0.05) is 11.6 Å². The Morgan fingerprint density at radius 2 is 2.05 bits per heavy atom. The number of benzene rings is 1. The molecule has 1 aliphatic rings.